The summed E-state index contributed by atoms with van der Waals surface area (Å²) in [5.74, 6) is -3.71. The number of benzene rings is 1. The van der Waals surface area contributed by atoms with Gasteiger partial charge in [0.25, 0.3) is 11.7 Å². The first-order valence-corrected chi connectivity index (χ1v) is 7.42. The molecule has 0 aliphatic carbocycles. The van der Waals surface area contributed by atoms with E-state index in [0.29, 0.717) is 22.3 Å². The van der Waals surface area contributed by atoms with Crippen molar-refractivity contribution in [3.05, 3.63) is 48.4 Å². The molecule has 8 heteroatoms. The third-order valence-electron chi connectivity index (χ3n) is 2.76. The molecular formula is C15H13F2NO4S. The molecule has 1 aromatic heterocycles. The van der Waals surface area contributed by atoms with Crippen molar-refractivity contribution >= 4 is 29.3 Å². The number of nitrogens with one attached hydrogen (secondary N) is 1. The fraction of sp³-hybridized carbons (Fsp3) is 0.200. The second kappa shape index (κ2) is 7.77. The third kappa shape index (κ3) is 5.10. The van der Waals surface area contributed by atoms with Crippen molar-refractivity contribution in [2.24, 2.45) is 0 Å². The Morgan fingerprint density at radius 3 is 2.48 bits per heavy atom. The van der Waals surface area contributed by atoms with E-state index in [-0.39, 0.29) is 5.56 Å². The molecule has 1 aromatic carbocycles. The number of carbonyl (C=O) groups excluding carboxylic acids is 2. The highest BCUT2D eigenvalue weighted by molar-refractivity contribution is 7.99. The lowest BCUT2D eigenvalue weighted by Crippen LogP contribution is -2.29. The van der Waals surface area contributed by atoms with Crippen molar-refractivity contribution in [3.63, 3.8) is 0 Å². The van der Waals surface area contributed by atoms with Gasteiger partial charge in [0.2, 0.25) is 0 Å². The molecule has 0 aliphatic rings. The molecule has 0 unspecified atom stereocenters. The molecule has 1 amide bonds. The number of alkyl halides is 2. The van der Waals surface area contributed by atoms with Crippen LogP contribution in [0.4, 0.5) is 14.5 Å². The molecule has 0 fully saturated rings. The van der Waals surface area contributed by atoms with E-state index in [4.69, 9.17) is 9.15 Å². The Bertz CT molecular complexity index is 659. The zero-order chi connectivity index (χ0) is 16.8. The summed E-state index contributed by atoms with van der Waals surface area (Å²) in [6.45, 7) is 1.42. The Morgan fingerprint density at radius 2 is 1.91 bits per heavy atom. The first-order chi connectivity index (χ1) is 11.0. The van der Waals surface area contributed by atoms with Crippen LogP contribution in [0.15, 0.2) is 52.2 Å². The SMILES string of the molecule is C[C@H](OC(=O)c1ccoc1)C(=O)Nc1ccc(SC(F)F)cc1. The number of hydrogen-bond acceptors (Lipinski definition) is 5. The maximum Gasteiger partial charge on any atom is 0.342 e. The highest BCUT2D eigenvalue weighted by Crippen LogP contribution is 2.26. The minimum Gasteiger partial charge on any atom is -0.472 e. The zero-order valence-corrected chi connectivity index (χ0v) is 12.8. The van der Waals surface area contributed by atoms with Crippen LogP contribution in [0.1, 0.15) is 17.3 Å². The number of ether oxygens (including phenoxy) is 1. The summed E-state index contributed by atoms with van der Waals surface area (Å²) in [5.41, 5.74) is 0.623. The van der Waals surface area contributed by atoms with Crippen LogP contribution in [0.25, 0.3) is 0 Å². The van der Waals surface area contributed by atoms with E-state index in [9.17, 15) is 18.4 Å². The number of amides is 1. The van der Waals surface area contributed by atoms with Crippen LogP contribution in [0.5, 0.6) is 0 Å². The summed E-state index contributed by atoms with van der Waals surface area (Å²) in [7, 11) is 0. The molecule has 0 radical (unpaired) electrons. The first-order valence-electron chi connectivity index (χ1n) is 6.54. The van der Waals surface area contributed by atoms with Crippen molar-refractivity contribution < 1.29 is 27.5 Å². The first kappa shape index (κ1) is 17.0. The highest BCUT2D eigenvalue weighted by Gasteiger charge is 2.19. The Kier molecular flexibility index (Phi) is 5.75. The number of halogens is 2. The van der Waals surface area contributed by atoms with Crippen molar-refractivity contribution in [1.82, 2.24) is 0 Å². The molecule has 0 saturated carbocycles. The van der Waals surface area contributed by atoms with Gasteiger partial charge < -0.3 is 14.5 Å². The lowest BCUT2D eigenvalue weighted by Gasteiger charge is -2.13. The summed E-state index contributed by atoms with van der Waals surface area (Å²) in [6, 6.07) is 7.34. The molecular weight excluding hydrogens is 328 g/mol. The summed E-state index contributed by atoms with van der Waals surface area (Å²) in [5, 5.41) is 2.54. The van der Waals surface area contributed by atoms with Crippen LogP contribution in [-0.4, -0.2) is 23.7 Å². The lowest BCUT2D eigenvalue weighted by atomic mass is 10.3. The van der Waals surface area contributed by atoms with Crippen LogP contribution in [0.3, 0.4) is 0 Å². The Morgan fingerprint density at radius 1 is 1.22 bits per heavy atom. The molecule has 0 saturated heterocycles. The van der Waals surface area contributed by atoms with Crippen LogP contribution in [0, 0.1) is 0 Å². The quantitative estimate of drug-likeness (QED) is 0.640. The van der Waals surface area contributed by atoms with Gasteiger partial charge in [-0.1, -0.05) is 11.8 Å². The largest absolute Gasteiger partial charge is 0.472 e. The molecule has 23 heavy (non-hydrogen) atoms. The minimum absolute atomic E-state index is 0.207. The predicted molar refractivity (Wildman–Crippen MR) is 80.5 cm³/mol. The molecule has 122 valence electrons. The van der Waals surface area contributed by atoms with Crippen LogP contribution in [-0.2, 0) is 9.53 Å². The van der Waals surface area contributed by atoms with Gasteiger partial charge in [-0.15, -0.1) is 0 Å². The van der Waals surface area contributed by atoms with E-state index in [1.165, 1.54) is 49.8 Å². The highest BCUT2D eigenvalue weighted by atomic mass is 32.2. The Labute approximate surface area is 135 Å². The second-order valence-corrected chi connectivity index (χ2v) is 5.52. The van der Waals surface area contributed by atoms with Gasteiger partial charge in [0.15, 0.2) is 6.10 Å². The Hall–Kier alpha value is -2.35. The van der Waals surface area contributed by atoms with E-state index < -0.39 is 23.7 Å². The molecule has 1 atom stereocenters. The van der Waals surface area contributed by atoms with Crippen molar-refractivity contribution in [3.8, 4) is 0 Å². The van der Waals surface area contributed by atoms with E-state index in [2.05, 4.69) is 5.32 Å². The Balaban J connectivity index is 1.89. The van der Waals surface area contributed by atoms with Crippen molar-refractivity contribution in [1.29, 1.82) is 0 Å². The molecule has 0 spiro atoms. The maximum atomic E-state index is 12.2. The summed E-state index contributed by atoms with van der Waals surface area (Å²) < 4.78 is 34.2. The molecule has 1 N–H and O–H groups in total. The summed E-state index contributed by atoms with van der Waals surface area (Å²) in [4.78, 5) is 24.0. The second-order valence-electron chi connectivity index (χ2n) is 4.45. The van der Waals surface area contributed by atoms with Gasteiger partial charge in [-0.2, -0.15) is 8.78 Å². The fourth-order valence-electron chi connectivity index (χ4n) is 1.63. The number of esters is 1. The normalized spacial score (nSPS) is 12.0. The lowest BCUT2D eigenvalue weighted by molar-refractivity contribution is -0.123. The monoisotopic (exact) mass is 341 g/mol. The number of anilines is 1. The summed E-state index contributed by atoms with van der Waals surface area (Å²) in [6.07, 6.45) is 1.51. The topological polar surface area (TPSA) is 68.5 Å². The molecule has 0 aliphatic heterocycles. The maximum absolute atomic E-state index is 12.2. The third-order valence-corrected chi connectivity index (χ3v) is 3.48. The van der Waals surface area contributed by atoms with E-state index in [1.54, 1.807) is 0 Å². The minimum atomic E-state index is -2.50. The van der Waals surface area contributed by atoms with Gasteiger partial charge in [-0.05, 0) is 37.3 Å². The number of carbonyl (C=O) groups is 2. The van der Waals surface area contributed by atoms with E-state index in [0.717, 1.165) is 0 Å². The standard InChI is InChI=1S/C15H13F2NO4S/c1-9(22-14(20)10-6-7-21-8-10)13(19)18-11-2-4-12(5-3-11)23-15(16)17/h2-9,15H,1H3,(H,18,19)/t9-/m0/s1. The van der Waals surface area contributed by atoms with Crippen LogP contribution < -0.4 is 5.32 Å². The van der Waals surface area contributed by atoms with E-state index in [1.807, 2.05) is 0 Å². The van der Waals surface area contributed by atoms with Crippen molar-refractivity contribution in [2.45, 2.75) is 23.7 Å². The van der Waals surface area contributed by atoms with E-state index >= 15 is 0 Å². The van der Waals surface area contributed by atoms with Gasteiger partial charge >= 0.3 is 5.97 Å². The van der Waals surface area contributed by atoms with Crippen molar-refractivity contribution in [2.75, 3.05) is 5.32 Å². The van der Waals surface area contributed by atoms with Gasteiger partial charge in [-0.25, -0.2) is 4.79 Å². The number of furan rings is 1. The van der Waals surface area contributed by atoms with Gasteiger partial charge in [0, 0.05) is 10.6 Å². The molecule has 2 rings (SSSR count). The number of hydrogen-bond donors (Lipinski definition) is 1. The molecule has 0 bridgehead atoms. The zero-order valence-electron chi connectivity index (χ0n) is 12.0. The predicted octanol–water partition coefficient (Wildman–Crippen LogP) is 3.78. The van der Waals surface area contributed by atoms with Crippen LogP contribution >= 0.6 is 11.8 Å². The molecule has 1 heterocycles. The average molecular weight is 341 g/mol. The van der Waals surface area contributed by atoms with Gasteiger partial charge in [0.1, 0.15) is 6.26 Å². The molecule has 5 nitrogen and oxygen atoms in total. The number of rotatable bonds is 6. The van der Waals surface area contributed by atoms with Gasteiger partial charge in [0.05, 0.1) is 11.8 Å². The van der Waals surface area contributed by atoms with Gasteiger partial charge in [-0.3, -0.25) is 4.79 Å². The fourth-order valence-corrected chi connectivity index (χ4v) is 2.13. The average Bonchev–Trinajstić information content (AvgIpc) is 3.03. The summed E-state index contributed by atoms with van der Waals surface area (Å²) >= 11 is 0.415. The molecule has 2 aromatic rings. The number of thioether (sulfide) groups is 1. The smallest absolute Gasteiger partial charge is 0.342 e. The van der Waals surface area contributed by atoms with Crippen LogP contribution in [0.2, 0.25) is 0 Å².